The Morgan fingerprint density at radius 3 is 2.67 bits per heavy atom. The van der Waals surface area contributed by atoms with Gasteiger partial charge in [0.05, 0.1) is 6.54 Å². The predicted molar refractivity (Wildman–Crippen MR) is 66.9 cm³/mol. The minimum absolute atomic E-state index is 0.128. The van der Waals surface area contributed by atoms with E-state index in [9.17, 15) is 4.79 Å². The van der Waals surface area contributed by atoms with Gasteiger partial charge in [0.2, 0.25) is 0 Å². The summed E-state index contributed by atoms with van der Waals surface area (Å²) in [4.78, 5) is 11.8. The van der Waals surface area contributed by atoms with E-state index >= 15 is 0 Å². The summed E-state index contributed by atoms with van der Waals surface area (Å²) in [6.45, 7) is 0.970. The minimum atomic E-state index is -0.128. The number of nitrogens with two attached hydrogens (primary N) is 1. The topological polar surface area (TPSA) is 81.2 Å². The van der Waals surface area contributed by atoms with Crippen LogP contribution in [-0.2, 0) is 13.0 Å². The van der Waals surface area contributed by atoms with Crippen LogP contribution in [0.4, 0.5) is 0 Å². The van der Waals surface area contributed by atoms with E-state index in [1.807, 2.05) is 12.1 Å². The third kappa shape index (κ3) is 3.18. The fourth-order valence-electron chi connectivity index (χ4n) is 1.59. The number of carbonyl (C=O) groups is 1. The van der Waals surface area contributed by atoms with Crippen molar-refractivity contribution in [2.24, 2.45) is 5.73 Å². The molecule has 0 aliphatic heterocycles. The highest BCUT2D eigenvalue weighted by Crippen LogP contribution is 2.05. The molecule has 3 N–H and O–H groups in total. The Balaban J connectivity index is 1.92. The molecule has 5 nitrogen and oxygen atoms in total. The van der Waals surface area contributed by atoms with Crippen LogP contribution in [-0.4, -0.2) is 17.6 Å². The van der Waals surface area contributed by atoms with Gasteiger partial charge in [-0.25, -0.2) is 0 Å². The first-order chi connectivity index (χ1) is 8.79. The highest BCUT2D eigenvalue weighted by molar-refractivity contribution is 5.94. The van der Waals surface area contributed by atoms with Gasteiger partial charge < -0.3 is 15.6 Å². The standard InChI is InChI=1S/C13H15N3O2/c14-7-5-10-1-3-11(4-2-10)13(17)15-9-12-6-8-18-16-12/h1-4,6,8H,5,7,9,14H2,(H,15,17). The van der Waals surface area contributed by atoms with Gasteiger partial charge in [0.1, 0.15) is 12.0 Å². The fourth-order valence-corrected chi connectivity index (χ4v) is 1.59. The Morgan fingerprint density at radius 2 is 2.06 bits per heavy atom. The van der Waals surface area contributed by atoms with Crippen molar-refractivity contribution in [1.29, 1.82) is 0 Å². The van der Waals surface area contributed by atoms with Gasteiger partial charge in [0.25, 0.3) is 5.91 Å². The molecule has 18 heavy (non-hydrogen) atoms. The molecule has 0 saturated heterocycles. The molecule has 0 fully saturated rings. The summed E-state index contributed by atoms with van der Waals surface area (Å²) >= 11 is 0. The SMILES string of the molecule is NCCc1ccc(C(=O)NCc2ccon2)cc1. The lowest BCUT2D eigenvalue weighted by Gasteiger charge is -2.04. The molecular formula is C13H15N3O2. The number of nitrogens with one attached hydrogen (secondary N) is 1. The van der Waals surface area contributed by atoms with E-state index in [-0.39, 0.29) is 5.91 Å². The third-order valence-corrected chi connectivity index (χ3v) is 2.57. The second-order valence-electron chi connectivity index (χ2n) is 3.91. The van der Waals surface area contributed by atoms with Crippen LogP contribution in [0.1, 0.15) is 21.6 Å². The van der Waals surface area contributed by atoms with E-state index < -0.39 is 0 Å². The lowest BCUT2D eigenvalue weighted by Crippen LogP contribution is -2.22. The summed E-state index contributed by atoms with van der Waals surface area (Å²) in [6, 6.07) is 9.13. The van der Waals surface area contributed by atoms with Crippen molar-refractivity contribution < 1.29 is 9.32 Å². The maximum Gasteiger partial charge on any atom is 0.251 e. The van der Waals surface area contributed by atoms with Crippen LogP contribution in [0.2, 0.25) is 0 Å². The summed E-state index contributed by atoms with van der Waals surface area (Å²) in [5.41, 5.74) is 7.92. The molecule has 94 valence electrons. The molecule has 0 atom stereocenters. The van der Waals surface area contributed by atoms with Gasteiger partial charge in [0.15, 0.2) is 0 Å². The first-order valence-corrected chi connectivity index (χ1v) is 5.76. The first kappa shape index (κ1) is 12.3. The zero-order valence-electron chi connectivity index (χ0n) is 9.93. The van der Waals surface area contributed by atoms with E-state index in [1.54, 1.807) is 18.2 Å². The highest BCUT2D eigenvalue weighted by Gasteiger charge is 2.05. The molecule has 0 bridgehead atoms. The monoisotopic (exact) mass is 245 g/mol. The van der Waals surface area contributed by atoms with Crippen molar-refractivity contribution in [1.82, 2.24) is 10.5 Å². The molecular weight excluding hydrogens is 230 g/mol. The van der Waals surface area contributed by atoms with Crippen molar-refractivity contribution in [3.63, 3.8) is 0 Å². The number of amides is 1. The van der Waals surface area contributed by atoms with Crippen LogP contribution in [0.15, 0.2) is 41.1 Å². The number of hydrogen-bond acceptors (Lipinski definition) is 4. The molecule has 0 radical (unpaired) electrons. The van der Waals surface area contributed by atoms with Gasteiger partial charge in [0, 0.05) is 11.6 Å². The van der Waals surface area contributed by atoms with Crippen molar-refractivity contribution in [2.75, 3.05) is 6.54 Å². The summed E-state index contributed by atoms with van der Waals surface area (Å²) < 4.78 is 4.68. The van der Waals surface area contributed by atoms with Crippen LogP contribution in [0.25, 0.3) is 0 Å². The van der Waals surface area contributed by atoms with Crippen molar-refractivity contribution in [3.8, 4) is 0 Å². The second-order valence-corrected chi connectivity index (χ2v) is 3.91. The van der Waals surface area contributed by atoms with Gasteiger partial charge in [-0.3, -0.25) is 4.79 Å². The Kier molecular flexibility index (Phi) is 4.09. The maximum absolute atomic E-state index is 11.8. The van der Waals surface area contributed by atoms with Crippen LogP contribution in [0.3, 0.4) is 0 Å². The van der Waals surface area contributed by atoms with E-state index in [0.717, 1.165) is 12.0 Å². The van der Waals surface area contributed by atoms with Gasteiger partial charge >= 0.3 is 0 Å². The Bertz CT molecular complexity index is 491. The van der Waals surface area contributed by atoms with Crippen LogP contribution >= 0.6 is 0 Å². The first-order valence-electron chi connectivity index (χ1n) is 5.76. The van der Waals surface area contributed by atoms with Crippen LogP contribution in [0, 0.1) is 0 Å². The number of benzene rings is 1. The van der Waals surface area contributed by atoms with Crippen molar-refractivity contribution in [2.45, 2.75) is 13.0 Å². The fraction of sp³-hybridized carbons (Fsp3) is 0.231. The smallest absolute Gasteiger partial charge is 0.251 e. The lowest BCUT2D eigenvalue weighted by molar-refractivity contribution is 0.0950. The summed E-state index contributed by atoms with van der Waals surface area (Å²) in [6.07, 6.45) is 2.30. The molecule has 1 aromatic carbocycles. The Hall–Kier alpha value is -2.14. The molecule has 0 unspecified atom stereocenters. The Morgan fingerprint density at radius 1 is 1.28 bits per heavy atom. The average molecular weight is 245 g/mol. The molecule has 1 amide bonds. The van der Waals surface area contributed by atoms with Crippen molar-refractivity contribution >= 4 is 5.91 Å². The van der Waals surface area contributed by atoms with Crippen molar-refractivity contribution in [3.05, 3.63) is 53.4 Å². The van der Waals surface area contributed by atoms with E-state index in [1.165, 1.54) is 6.26 Å². The van der Waals surface area contributed by atoms with Gasteiger partial charge in [-0.15, -0.1) is 0 Å². The molecule has 0 saturated carbocycles. The summed E-state index contributed by atoms with van der Waals surface area (Å²) in [5, 5.41) is 6.48. The van der Waals surface area contributed by atoms with E-state index in [2.05, 4.69) is 15.0 Å². The summed E-state index contributed by atoms with van der Waals surface area (Å²) in [7, 11) is 0. The third-order valence-electron chi connectivity index (χ3n) is 2.57. The van der Waals surface area contributed by atoms with Crippen LogP contribution < -0.4 is 11.1 Å². The number of nitrogens with zero attached hydrogens (tertiary/aromatic N) is 1. The van der Waals surface area contributed by atoms with E-state index in [4.69, 9.17) is 5.73 Å². The number of carbonyl (C=O) groups excluding carboxylic acids is 1. The molecule has 0 aliphatic carbocycles. The quantitative estimate of drug-likeness (QED) is 0.826. The molecule has 2 aromatic rings. The predicted octanol–water partition coefficient (Wildman–Crippen LogP) is 1.11. The molecule has 2 rings (SSSR count). The van der Waals surface area contributed by atoms with Gasteiger partial charge in [-0.1, -0.05) is 17.3 Å². The number of hydrogen-bond donors (Lipinski definition) is 2. The highest BCUT2D eigenvalue weighted by atomic mass is 16.5. The zero-order chi connectivity index (χ0) is 12.8. The van der Waals surface area contributed by atoms with E-state index in [0.29, 0.717) is 24.3 Å². The normalized spacial score (nSPS) is 10.3. The average Bonchev–Trinajstić information content (AvgIpc) is 2.90. The summed E-state index contributed by atoms with van der Waals surface area (Å²) in [5.74, 6) is -0.128. The maximum atomic E-state index is 11.8. The minimum Gasteiger partial charge on any atom is -0.364 e. The number of aromatic nitrogens is 1. The van der Waals surface area contributed by atoms with Crippen LogP contribution in [0.5, 0.6) is 0 Å². The largest absolute Gasteiger partial charge is 0.364 e. The molecule has 1 aromatic heterocycles. The molecule has 1 heterocycles. The molecule has 0 spiro atoms. The van der Waals surface area contributed by atoms with Gasteiger partial charge in [-0.2, -0.15) is 0 Å². The lowest BCUT2D eigenvalue weighted by atomic mass is 10.1. The number of rotatable bonds is 5. The molecule has 0 aliphatic rings. The second kappa shape index (κ2) is 5.97. The van der Waals surface area contributed by atoms with Gasteiger partial charge in [-0.05, 0) is 30.7 Å². The molecule has 5 heteroatoms. The zero-order valence-corrected chi connectivity index (χ0v) is 9.93. The Labute approximate surface area is 105 Å².